The van der Waals surface area contributed by atoms with Crippen molar-refractivity contribution in [3.05, 3.63) is 29.3 Å². The highest BCUT2D eigenvalue weighted by molar-refractivity contribution is 5.38. The van der Waals surface area contributed by atoms with Gasteiger partial charge in [-0.15, -0.1) is 0 Å². The number of hydrogen-bond donors (Lipinski definition) is 2. The smallest absolute Gasteiger partial charge is 0.416 e. The highest BCUT2D eigenvalue weighted by Crippen LogP contribution is 2.34. The molecule has 0 amide bonds. The number of halogens is 3. The lowest BCUT2D eigenvalue weighted by atomic mass is 10.0. The molecule has 0 spiro atoms. The molecule has 2 nitrogen and oxygen atoms in total. The van der Waals surface area contributed by atoms with Crippen LogP contribution in [0, 0.1) is 0 Å². The van der Waals surface area contributed by atoms with E-state index < -0.39 is 23.6 Å². The van der Waals surface area contributed by atoms with Gasteiger partial charge in [0.05, 0.1) is 11.7 Å². The van der Waals surface area contributed by atoms with Gasteiger partial charge in [0, 0.05) is 5.56 Å². The molecule has 1 aromatic rings. The lowest BCUT2D eigenvalue weighted by Crippen LogP contribution is -2.05. The van der Waals surface area contributed by atoms with Crippen molar-refractivity contribution in [2.75, 3.05) is 0 Å². The first kappa shape index (κ1) is 11.8. The van der Waals surface area contributed by atoms with Crippen LogP contribution < -0.4 is 0 Å². The molecule has 0 aliphatic carbocycles. The summed E-state index contributed by atoms with van der Waals surface area (Å²) in [4.78, 5) is 0. The SMILES string of the molecule is CCC(O)c1ccc(C(F)(F)F)cc1O. The predicted molar refractivity (Wildman–Crippen MR) is 48.4 cm³/mol. The van der Waals surface area contributed by atoms with Crippen LogP contribution >= 0.6 is 0 Å². The lowest BCUT2D eigenvalue weighted by molar-refractivity contribution is -0.137. The summed E-state index contributed by atoms with van der Waals surface area (Å²) >= 11 is 0. The van der Waals surface area contributed by atoms with E-state index in [4.69, 9.17) is 0 Å². The quantitative estimate of drug-likeness (QED) is 0.804. The van der Waals surface area contributed by atoms with Gasteiger partial charge in [-0.3, -0.25) is 0 Å². The summed E-state index contributed by atoms with van der Waals surface area (Å²) in [5, 5.41) is 18.7. The minimum Gasteiger partial charge on any atom is -0.508 e. The number of phenolic OH excluding ortho intramolecular Hbond substituents is 1. The monoisotopic (exact) mass is 220 g/mol. The molecule has 0 heterocycles. The molecule has 0 saturated heterocycles. The van der Waals surface area contributed by atoms with Crippen LogP contribution in [0.3, 0.4) is 0 Å². The van der Waals surface area contributed by atoms with Gasteiger partial charge in [-0.1, -0.05) is 13.0 Å². The Kier molecular flexibility index (Phi) is 3.24. The van der Waals surface area contributed by atoms with Gasteiger partial charge in [0.2, 0.25) is 0 Å². The van der Waals surface area contributed by atoms with Crippen molar-refractivity contribution >= 4 is 0 Å². The normalized spacial score (nSPS) is 13.9. The van der Waals surface area contributed by atoms with Crippen LogP contribution in [-0.4, -0.2) is 10.2 Å². The number of benzene rings is 1. The van der Waals surface area contributed by atoms with E-state index in [9.17, 15) is 23.4 Å². The zero-order chi connectivity index (χ0) is 11.6. The molecule has 15 heavy (non-hydrogen) atoms. The zero-order valence-electron chi connectivity index (χ0n) is 8.04. The van der Waals surface area contributed by atoms with Crippen LogP contribution in [0.1, 0.15) is 30.6 Å². The van der Waals surface area contributed by atoms with Gasteiger partial charge in [-0.25, -0.2) is 0 Å². The first-order valence-electron chi connectivity index (χ1n) is 4.44. The minimum atomic E-state index is -4.48. The number of phenols is 1. The summed E-state index contributed by atoms with van der Waals surface area (Å²) in [5.74, 6) is -0.529. The number of aliphatic hydroxyl groups is 1. The van der Waals surface area contributed by atoms with Gasteiger partial charge in [0.15, 0.2) is 0 Å². The van der Waals surface area contributed by atoms with Crippen LogP contribution in [0.2, 0.25) is 0 Å². The maximum atomic E-state index is 12.2. The Morgan fingerprint density at radius 1 is 1.33 bits per heavy atom. The minimum absolute atomic E-state index is 0.116. The molecular formula is C10H11F3O2. The molecule has 2 N–H and O–H groups in total. The summed E-state index contributed by atoms with van der Waals surface area (Å²) in [7, 11) is 0. The first-order chi connectivity index (χ1) is 6.86. The van der Waals surface area contributed by atoms with Crippen LogP contribution in [0.5, 0.6) is 5.75 Å². The zero-order valence-corrected chi connectivity index (χ0v) is 8.04. The Bertz CT molecular complexity index is 347. The third kappa shape index (κ3) is 2.62. The number of aliphatic hydroxyl groups excluding tert-OH is 1. The fraction of sp³-hybridized carbons (Fsp3) is 0.400. The molecule has 1 aromatic carbocycles. The Morgan fingerprint density at radius 3 is 2.33 bits per heavy atom. The summed E-state index contributed by atoms with van der Waals surface area (Å²) < 4.78 is 36.6. The molecule has 84 valence electrons. The molecule has 0 radical (unpaired) electrons. The van der Waals surface area contributed by atoms with Crippen LogP contribution in [0.15, 0.2) is 18.2 Å². The maximum Gasteiger partial charge on any atom is 0.416 e. The van der Waals surface area contributed by atoms with Gasteiger partial charge in [-0.2, -0.15) is 13.2 Å². The molecule has 1 atom stereocenters. The fourth-order valence-corrected chi connectivity index (χ4v) is 1.22. The van der Waals surface area contributed by atoms with E-state index in [2.05, 4.69) is 0 Å². The van der Waals surface area contributed by atoms with E-state index in [-0.39, 0.29) is 5.56 Å². The molecule has 0 saturated carbocycles. The average molecular weight is 220 g/mol. The third-order valence-electron chi connectivity index (χ3n) is 2.10. The summed E-state index contributed by atoms with van der Waals surface area (Å²) in [5.41, 5.74) is -0.808. The highest BCUT2D eigenvalue weighted by atomic mass is 19.4. The molecule has 0 aliphatic heterocycles. The lowest BCUT2D eigenvalue weighted by Gasteiger charge is -2.13. The molecular weight excluding hydrogens is 209 g/mol. The second kappa shape index (κ2) is 4.10. The van der Waals surface area contributed by atoms with Crippen molar-refractivity contribution in [3.8, 4) is 5.75 Å². The molecule has 1 rings (SSSR count). The van der Waals surface area contributed by atoms with Crippen molar-refractivity contribution in [1.29, 1.82) is 0 Å². The predicted octanol–water partition coefficient (Wildman–Crippen LogP) is 2.85. The van der Waals surface area contributed by atoms with Crippen LogP contribution in [-0.2, 0) is 6.18 Å². The number of aromatic hydroxyl groups is 1. The third-order valence-corrected chi connectivity index (χ3v) is 2.10. The number of alkyl halides is 3. The topological polar surface area (TPSA) is 40.5 Å². The fourth-order valence-electron chi connectivity index (χ4n) is 1.22. The van der Waals surface area contributed by atoms with E-state index in [1.54, 1.807) is 6.92 Å². The van der Waals surface area contributed by atoms with E-state index in [1.807, 2.05) is 0 Å². The summed E-state index contributed by atoms with van der Waals surface area (Å²) in [6, 6.07) is 2.55. The second-order valence-electron chi connectivity index (χ2n) is 3.20. The summed E-state index contributed by atoms with van der Waals surface area (Å²) in [6.07, 6.45) is -5.08. The largest absolute Gasteiger partial charge is 0.508 e. The number of hydrogen-bond acceptors (Lipinski definition) is 2. The molecule has 1 unspecified atom stereocenters. The van der Waals surface area contributed by atoms with E-state index in [0.717, 1.165) is 12.1 Å². The van der Waals surface area contributed by atoms with Crippen molar-refractivity contribution in [2.45, 2.75) is 25.6 Å². The molecule has 0 fully saturated rings. The van der Waals surface area contributed by atoms with Crippen LogP contribution in [0.4, 0.5) is 13.2 Å². The summed E-state index contributed by atoms with van der Waals surface area (Å²) in [6.45, 7) is 1.67. The number of rotatable bonds is 2. The Balaban J connectivity index is 3.09. The Labute approximate surface area is 85.0 Å². The highest BCUT2D eigenvalue weighted by Gasteiger charge is 2.31. The van der Waals surface area contributed by atoms with Crippen LogP contribution in [0.25, 0.3) is 0 Å². The van der Waals surface area contributed by atoms with Gasteiger partial charge in [0.1, 0.15) is 5.75 Å². The van der Waals surface area contributed by atoms with Gasteiger partial charge in [0.25, 0.3) is 0 Å². The van der Waals surface area contributed by atoms with Crippen molar-refractivity contribution in [3.63, 3.8) is 0 Å². The molecule has 0 aliphatic rings. The van der Waals surface area contributed by atoms with E-state index in [0.29, 0.717) is 12.5 Å². The average Bonchev–Trinajstić information content (AvgIpc) is 2.15. The van der Waals surface area contributed by atoms with Crippen molar-refractivity contribution < 1.29 is 23.4 Å². The molecule has 5 heteroatoms. The van der Waals surface area contributed by atoms with Crippen molar-refractivity contribution in [1.82, 2.24) is 0 Å². The van der Waals surface area contributed by atoms with E-state index >= 15 is 0 Å². The van der Waals surface area contributed by atoms with Crippen molar-refractivity contribution in [2.24, 2.45) is 0 Å². The first-order valence-corrected chi connectivity index (χ1v) is 4.44. The Hall–Kier alpha value is -1.23. The van der Waals surface area contributed by atoms with Gasteiger partial charge >= 0.3 is 6.18 Å². The second-order valence-corrected chi connectivity index (χ2v) is 3.20. The van der Waals surface area contributed by atoms with Gasteiger partial charge in [-0.05, 0) is 18.6 Å². The van der Waals surface area contributed by atoms with Gasteiger partial charge < -0.3 is 10.2 Å². The van der Waals surface area contributed by atoms with E-state index in [1.165, 1.54) is 0 Å². The molecule has 0 bridgehead atoms. The standard InChI is InChI=1S/C10H11F3O2/c1-2-8(14)7-4-3-6(5-9(7)15)10(11,12)13/h3-5,8,14-15H,2H2,1H3. The molecule has 0 aromatic heterocycles. The maximum absolute atomic E-state index is 12.2. The Morgan fingerprint density at radius 2 is 1.93 bits per heavy atom.